The maximum atomic E-state index is 9.13. The number of hydrogen-bond acceptors (Lipinski definition) is 4. The van der Waals surface area contributed by atoms with Gasteiger partial charge in [-0.1, -0.05) is 0 Å². The second-order valence-corrected chi connectivity index (χ2v) is 5.50. The highest BCUT2D eigenvalue weighted by Crippen LogP contribution is 2.21. The molecule has 2 heterocycles. The molecule has 0 aromatic carbocycles. The first-order valence-corrected chi connectivity index (χ1v) is 6.72. The van der Waals surface area contributed by atoms with E-state index in [-0.39, 0.29) is 12.6 Å². The van der Waals surface area contributed by atoms with Crippen LogP contribution in [0.1, 0.15) is 32.0 Å². The standard InChI is InChI=1S/C13H24N4O/c1-10(2)16-4-3-11(6-16)7-17-9-15-5-13(17)12(14)8-18/h5,9-12,18H,3-4,6-8,14H2,1-2H3. The number of nitrogens with zero attached hydrogens (tertiary/aromatic N) is 3. The van der Waals surface area contributed by atoms with Crippen LogP contribution in [0.3, 0.4) is 0 Å². The first-order valence-electron chi connectivity index (χ1n) is 6.72. The average molecular weight is 252 g/mol. The van der Waals surface area contributed by atoms with Gasteiger partial charge in [0.2, 0.25) is 0 Å². The van der Waals surface area contributed by atoms with Crippen molar-refractivity contribution >= 4 is 0 Å². The third-order valence-corrected chi connectivity index (χ3v) is 3.82. The van der Waals surface area contributed by atoms with Crippen LogP contribution >= 0.6 is 0 Å². The predicted molar refractivity (Wildman–Crippen MR) is 71.1 cm³/mol. The van der Waals surface area contributed by atoms with Crippen molar-refractivity contribution in [3.63, 3.8) is 0 Å². The van der Waals surface area contributed by atoms with Crippen molar-refractivity contribution in [3.05, 3.63) is 18.2 Å². The number of rotatable bonds is 5. The van der Waals surface area contributed by atoms with Gasteiger partial charge < -0.3 is 20.3 Å². The first-order chi connectivity index (χ1) is 8.61. The molecule has 1 aromatic rings. The lowest BCUT2D eigenvalue weighted by Crippen LogP contribution is -2.29. The molecule has 0 saturated carbocycles. The number of nitrogens with two attached hydrogens (primary N) is 1. The molecule has 0 aliphatic carbocycles. The van der Waals surface area contributed by atoms with E-state index in [2.05, 4.69) is 28.3 Å². The summed E-state index contributed by atoms with van der Waals surface area (Å²) in [5.74, 6) is 0.659. The van der Waals surface area contributed by atoms with Crippen molar-refractivity contribution in [2.24, 2.45) is 11.7 Å². The van der Waals surface area contributed by atoms with Gasteiger partial charge in [0.1, 0.15) is 0 Å². The monoisotopic (exact) mass is 252 g/mol. The smallest absolute Gasteiger partial charge is 0.0948 e. The van der Waals surface area contributed by atoms with Gasteiger partial charge in [0.05, 0.1) is 24.7 Å². The lowest BCUT2D eigenvalue weighted by atomic mass is 10.1. The van der Waals surface area contributed by atoms with Crippen LogP contribution in [0.25, 0.3) is 0 Å². The summed E-state index contributed by atoms with van der Waals surface area (Å²) in [6.45, 7) is 7.72. The third kappa shape index (κ3) is 2.91. The maximum Gasteiger partial charge on any atom is 0.0948 e. The van der Waals surface area contributed by atoms with Crippen molar-refractivity contribution in [2.75, 3.05) is 19.7 Å². The zero-order valence-electron chi connectivity index (χ0n) is 11.3. The largest absolute Gasteiger partial charge is 0.394 e. The Morgan fingerprint density at radius 1 is 1.56 bits per heavy atom. The normalized spacial score (nSPS) is 22.8. The number of imidazole rings is 1. The van der Waals surface area contributed by atoms with Gasteiger partial charge in [-0.3, -0.25) is 0 Å². The van der Waals surface area contributed by atoms with Gasteiger partial charge in [0, 0.05) is 25.3 Å². The van der Waals surface area contributed by atoms with Crippen LogP contribution in [0.4, 0.5) is 0 Å². The van der Waals surface area contributed by atoms with E-state index in [4.69, 9.17) is 10.8 Å². The summed E-state index contributed by atoms with van der Waals surface area (Å²) in [6, 6.07) is 0.298. The highest BCUT2D eigenvalue weighted by Gasteiger charge is 2.25. The number of aliphatic hydroxyl groups excluding tert-OH is 1. The van der Waals surface area contributed by atoms with Crippen LogP contribution < -0.4 is 5.73 Å². The van der Waals surface area contributed by atoms with Crippen LogP contribution in [0.5, 0.6) is 0 Å². The minimum Gasteiger partial charge on any atom is -0.394 e. The zero-order chi connectivity index (χ0) is 13.1. The van der Waals surface area contributed by atoms with E-state index in [1.807, 2.05) is 6.33 Å². The SMILES string of the molecule is CC(C)N1CCC(Cn2cncc2C(N)CO)C1. The minimum absolute atomic E-state index is 0.0333. The fraction of sp³-hybridized carbons (Fsp3) is 0.769. The Morgan fingerprint density at radius 2 is 2.33 bits per heavy atom. The Morgan fingerprint density at radius 3 is 2.94 bits per heavy atom. The van der Waals surface area contributed by atoms with Gasteiger partial charge in [0.15, 0.2) is 0 Å². The Hall–Kier alpha value is -0.910. The van der Waals surface area contributed by atoms with E-state index in [0.29, 0.717) is 12.0 Å². The molecule has 3 N–H and O–H groups in total. The molecule has 1 aliphatic rings. The van der Waals surface area contributed by atoms with E-state index in [9.17, 15) is 0 Å². The summed E-state index contributed by atoms with van der Waals surface area (Å²) in [4.78, 5) is 6.65. The lowest BCUT2D eigenvalue weighted by molar-refractivity contribution is 0.254. The Labute approximate surface area is 109 Å². The molecule has 2 atom stereocenters. The molecular formula is C13H24N4O. The van der Waals surface area contributed by atoms with E-state index < -0.39 is 0 Å². The molecule has 0 amide bonds. The summed E-state index contributed by atoms with van der Waals surface area (Å²) in [5, 5.41) is 9.13. The highest BCUT2D eigenvalue weighted by molar-refractivity contribution is 5.04. The van der Waals surface area contributed by atoms with Crippen molar-refractivity contribution in [1.29, 1.82) is 0 Å². The van der Waals surface area contributed by atoms with E-state index in [1.165, 1.54) is 13.0 Å². The van der Waals surface area contributed by atoms with E-state index >= 15 is 0 Å². The predicted octanol–water partition coefficient (Wildman–Crippen LogP) is 0.605. The number of aromatic nitrogens is 2. The fourth-order valence-corrected chi connectivity index (χ4v) is 2.64. The topological polar surface area (TPSA) is 67.3 Å². The summed E-state index contributed by atoms with van der Waals surface area (Å²) in [7, 11) is 0. The molecule has 0 radical (unpaired) electrons. The molecule has 0 bridgehead atoms. The van der Waals surface area contributed by atoms with Crippen LogP contribution in [0.2, 0.25) is 0 Å². The molecule has 18 heavy (non-hydrogen) atoms. The minimum atomic E-state index is -0.324. The number of aliphatic hydroxyl groups is 1. The van der Waals surface area contributed by atoms with Gasteiger partial charge in [-0.15, -0.1) is 0 Å². The molecule has 0 spiro atoms. The molecule has 2 unspecified atom stereocenters. The Bertz CT molecular complexity index is 377. The second-order valence-electron chi connectivity index (χ2n) is 5.50. The summed E-state index contributed by atoms with van der Waals surface area (Å²) >= 11 is 0. The molecule has 1 aromatic heterocycles. The van der Waals surface area contributed by atoms with Crippen LogP contribution in [-0.2, 0) is 6.54 Å². The zero-order valence-corrected chi connectivity index (χ0v) is 11.3. The second kappa shape index (κ2) is 5.82. The quantitative estimate of drug-likeness (QED) is 0.805. The van der Waals surface area contributed by atoms with Crippen molar-refractivity contribution in [2.45, 2.75) is 38.9 Å². The average Bonchev–Trinajstić information content (AvgIpc) is 2.97. The molecule has 1 fully saturated rings. The summed E-state index contributed by atoms with van der Waals surface area (Å²) < 4.78 is 2.09. The maximum absolute atomic E-state index is 9.13. The first kappa shape index (κ1) is 13.5. The Kier molecular flexibility index (Phi) is 4.37. The van der Waals surface area contributed by atoms with Gasteiger partial charge in [0.25, 0.3) is 0 Å². The molecule has 102 valence electrons. The third-order valence-electron chi connectivity index (χ3n) is 3.82. The van der Waals surface area contributed by atoms with Crippen LogP contribution in [0.15, 0.2) is 12.5 Å². The number of likely N-dealkylation sites (tertiary alicyclic amines) is 1. The van der Waals surface area contributed by atoms with Crippen LogP contribution in [-0.4, -0.2) is 45.3 Å². The molecule has 1 aliphatic heterocycles. The lowest BCUT2D eigenvalue weighted by Gasteiger charge is -2.21. The van der Waals surface area contributed by atoms with E-state index in [1.54, 1.807) is 6.20 Å². The van der Waals surface area contributed by atoms with Gasteiger partial charge in [-0.05, 0) is 32.7 Å². The Balaban J connectivity index is 1.96. The van der Waals surface area contributed by atoms with E-state index in [0.717, 1.165) is 18.8 Å². The van der Waals surface area contributed by atoms with Crippen molar-refractivity contribution in [3.8, 4) is 0 Å². The summed E-state index contributed by atoms with van der Waals surface area (Å²) in [6.07, 6.45) is 4.81. The van der Waals surface area contributed by atoms with Gasteiger partial charge in [-0.25, -0.2) is 4.98 Å². The molecular weight excluding hydrogens is 228 g/mol. The molecule has 5 nitrogen and oxygen atoms in total. The summed E-state index contributed by atoms with van der Waals surface area (Å²) in [5.41, 5.74) is 6.80. The number of hydrogen-bond donors (Lipinski definition) is 2. The molecule has 5 heteroatoms. The molecule has 2 rings (SSSR count). The fourth-order valence-electron chi connectivity index (χ4n) is 2.64. The van der Waals surface area contributed by atoms with Crippen molar-refractivity contribution < 1.29 is 5.11 Å². The molecule has 1 saturated heterocycles. The van der Waals surface area contributed by atoms with Crippen molar-refractivity contribution in [1.82, 2.24) is 14.5 Å². The van der Waals surface area contributed by atoms with Crippen LogP contribution in [0, 0.1) is 5.92 Å². The highest BCUT2D eigenvalue weighted by atomic mass is 16.3. The van der Waals surface area contributed by atoms with Gasteiger partial charge in [-0.2, -0.15) is 0 Å². The van der Waals surface area contributed by atoms with Gasteiger partial charge >= 0.3 is 0 Å².